The summed E-state index contributed by atoms with van der Waals surface area (Å²) in [6.07, 6.45) is 5.38. The first-order valence-corrected chi connectivity index (χ1v) is 11.0. The largest absolute Gasteiger partial charge is 0.331 e. The quantitative estimate of drug-likeness (QED) is 0.686. The van der Waals surface area contributed by atoms with Crippen molar-refractivity contribution in [1.29, 1.82) is 0 Å². The number of halogens is 1. The highest BCUT2D eigenvalue weighted by Crippen LogP contribution is 2.34. The Kier molecular flexibility index (Phi) is 6.70. The van der Waals surface area contributed by atoms with Crippen molar-refractivity contribution in [3.8, 4) is 0 Å². The molecule has 0 N–H and O–H groups in total. The topological polar surface area (TPSA) is 42.3 Å². The van der Waals surface area contributed by atoms with E-state index in [0.717, 1.165) is 54.2 Å². The summed E-state index contributed by atoms with van der Waals surface area (Å²) in [4.78, 5) is 27.3. The van der Waals surface area contributed by atoms with Crippen LogP contribution in [0.25, 0.3) is 0 Å². The average Bonchev–Trinajstić information content (AvgIpc) is 3.01. The van der Waals surface area contributed by atoms with Crippen molar-refractivity contribution in [3.63, 3.8) is 0 Å². The third-order valence-electron chi connectivity index (χ3n) is 6.11. The fourth-order valence-electron chi connectivity index (χ4n) is 4.28. The lowest BCUT2D eigenvalue weighted by Crippen LogP contribution is -2.46. The highest BCUT2D eigenvalue weighted by molar-refractivity contribution is 7.07. The van der Waals surface area contributed by atoms with Crippen molar-refractivity contribution in [3.05, 3.63) is 56.4 Å². The van der Waals surface area contributed by atoms with Gasteiger partial charge in [-0.15, -0.1) is 0 Å². The van der Waals surface area contributed by atoms with E-state index < -0.39 is 0 Å². The molecule has 0 aliphatic heterocycles. The van der Waals surface area contributed by atoms with Gasteiger partial charge in [-0.05, 0) is 63.1 Å². The van der Waals surface area contributed by atoms with E-state index in [-0.39, 0.29) is 35.2 Å². The van der Waals surface area contributed by atoms with Crippen LogP contribution in [0.1, 0.15) is 63.3 Å². The van der Waals surface area contributed by atoms with Gasteiger partial charge in [0.15, 0.2) is 0 Å². The molecule has 1 unspecified atom stereocenters. The number of carbonyl (C=O) groups excluding carboxylic acids is 1. The van der Waals surface area contributed by atoms with Gasteiger partial charge in [0.05, 0.1) is 6.04 Å². The van der Waals surface area contributed by atoms with Gasteiger partial charge in [0.25, 0.3) is 0 Å². The molecule has 3 rings (SSSR count). The van der Waals surface area contributed by atoms with Gasteiger partial charge in [0.2, 0.25) is 5.91 Å². The molecule has 1 fully saturated rings. The SMILES string of the molecule is CCC1CCC(N(C(=O)Cn2c(C)csc2=O)C(C)c2ccc(F)cc2)CC1. The molecule has 1 atom stereocenters. The number of hydrogen-bond donors (Lipinski definition) is 0. The summed E-state index contributed by atoms with van der Waals surface area (Å²) in [5.41, 5.74) is 1.73. The van der Waals surface area contributed by atoms with E-state index in [1.807, 2.05) is 18.7 Å². The van der Waals surface area contributed by atoms with Crippen molar-refractivity contribution < 1.29 is 9.18 Å². The number of rotatable bonds is 6. The first kappa shape index (κ1) is 20.8. The van der Waals surface area contributed by atoms with E-state index in [0.29, 0.717) is 0 Å². The molecule has 1 aromatic heterocycles. The molecule has 2 aromatic rings. The van der Waals surface area contributed by atoms with Crippen LogP contribution in [-0.4, -0.2) is 21.4 Å². The molecule has 1 aliphatic rings. The second kappa shape index (κ2) is 9.03. The number of thiazole rings is 1. The Morgan fingerprint density at radius 3 is 2.43 bits per heavy atom. The zero-order valence-corrected chi connectivity index (χ0v) is 17.7. The van der Waals surface area contributed by atoms with Crippen LogP contribution in [0.2, 0.25) is 0 Å². The van der Waals surface area contributed by atoms with E-state index in [4.69, 9.17) is 0 Å². The Labute approximate surface area is 170 Å². The molecule has 6 heteroatoms. The first-order chi connectivity index (χ1) is 13.4. The third kappa shape index (κ3) is 4.54. The molecule has 1 aliphatic carbocycles. The zero-order valence-electron chi connectivity index (χ0n) is 16.9. The van der Waals surface area contributed by atoms with Crippen LogP contribution < -0.4 is 4.87 Å². The number of amides is 1. The summed E-state index contributed by atoms with van der Waals surface area (Å²) in [6, 6.07) is 6.38. The average molecular weight is 405 g/mol. The van der Waals surface area contributed by atoms with Gasteiger partial charge in [-0.1, -0.05) is 36.8 Å². The van der Waals surface area contributed by atoms with E-state index in [2.05, 4.69) is 6.92 Å². The molecule has 0 radical (unpaired) electrons. The number of nitrogens with zero attached hydrogens (tertiary/aromatic N) is 2. The van der Waals surface area contributed by atoms with Crippen LogP contribution >= 0.6 is 11.3 Å². The molecule has 0 saturated heterocycles. The van der Waals surface area contributed by atoms with Crippen LogP contribution in [0.5, 0.6) is 0 Å². The molecule has 0 bridgehead atoms. The molecule has 1 amide bonds. The van der Waals surface area contributed by atoms with Crippen LogP contribution in [0.4, 0.5) is 4.39 Å². The minimum atomic E-state index is -0.280. The Morgan fingerprint density at radius 1 is 1.25 bits per heavy atom. The summed E-state index contributed by atoms with van der Waals surface area (Å²) < 4.78 is 14.9. The van der Waals surface area contributed by atoms with Crippen LogP contribution in [0.3, 0.4) is 0 Å². The summed E-state index contributed by atoms with van der Waals surface area (Å²) in [5.74, 6) is 0.411. The Balaban J connectivity index is 1.86. The highest BCUT2D eigenvalue weighted by atomic mass is 32.1. The number of benzene rings is 1. The molecule has 4 nitrogen and oxygen atoms in total. The number of hydrogen-bond acceptors (Lipinski definition) is 3. The fourth-order valence-corrected chi connectivity index (χ4v) is 5.02. The van der Waals surface area contributed by atoms with Gasteiger partial charge in [-0.25, -0.2) is 4.39 Å². The molecular weight excluding hydrogens is 375 g/mol. The van der Waals surface area contributed by atoms with Crippen molar-refractivity contribution in [2.45, 2.75) is 71.5 Å². The predicted octanol–water partition coefficient (Wildman–Crippen LogP) is 4.92. The maximum absolute atomic E-state index is 13.4. The minimum absolute atomic E-state index is 0.0413. The van der Waals surface area contributed by atoms with Crippen molar-refractivity contribution in [2.75, 3.05) is 0 Å². The van der Waals surface area contributed by atoms with Crippen molar-refractivity contribution in [1.82, 2.24) is 9.47 Å². The lowest BCUT2D eigenvalue weighted by molar-refractivity contribution is -0.138. The minimum Gasteiger partial charge on any atom is -0.331 e. The predicted molar refractivity (Wildman–Crippen MR) is 111 cm³/mol. The second-order valence-corrected chi connectivity index (χ2v) is 8.66. The Hall–Kier alpha value is -1.95. The summed E-state index contributed by atoms with van der Waals surface area (Å²) in [5, 5.41) is 1.79. The molecule has 0 spiro atoms. The third-order valence-corrected chi connectivity index (χ3v) is 7.00. The van der Waals surface area contributed by atoms with Crippen LogP contribution in [-0.2, 0) is 11.3 Å². The van der Waals surface area contributed by atoms with Gasteiger partial charge in [-0.2, -0.15) is 0 Å². The molecule has 28 heavy (non-hydrogen) atoms. The molecule has 1 heterocycles. The Bertz CT molecular complexity index is 850. The van der Waals surface area contributed by atoms with Crippen LogP contribution in [0, 0.1) is 18.7 Å². The van der Waals surface area contributed by atoms with Gasteiger partial charge in [0, 0.05) is 17.1 Å². The standard InChI is InChI=1S/C22H29FN2O2S/c1-4-17-5-11-20(12-6-17)25(16(3)18-7-9-19(23)10-8-18)21(26)13-24-15(2)14-28-22(24)27/h7-10,14,16-17,20H,4-6,11-13H2,1-3H3. The summed E-state index contributed by atoms with van der Waals surface area (Å²) in [7, 11) is 0. The van der Waals surface area contributed by atoms with Gasteiger partial charge >= 0.3 is 4.87 Å². The van der Waals surface area contributed by atoms with E-state index in [1.165, 1.54) is 18.6 Å². The molecule has 1 aromatic carbocycles. The van der Waals surface area contributed by atoms with Gasteiger partial charge in [-0.3, -0.25) is 14.2 Å². The maximum atomic E-state index is 13.4. The molecule has 152 valence electrons. The van der Waals surface area contributed by atoms with Crippen LogP contribution in [0.15, 0.2) is 34.4 Å². The molecular formula is C22H29FN2O2S. The zero-order chi connectivity index (χ0) is 20.3. The van der Waals surface area contributed by atoms with E-state index in [1.54, 1.807) is 22.1 Å². The lowest BCUT2D eigenvalue weighted by Gasteiger charge is -2.40. The number of aromatic nitrogens is 1. The highest BCUT2D eigenvalue weighted by Gasteiger charge is 2.32. The monoisotopic (exact) mass is 404 g/mol. The van der Waals surface area contributed by atoms with Gasteiger partial charge in [0.1, 0.15) is 12.4 Å². The summed E-state index contributed by atoms with van der Waals surface area (Å²) >= 11 is 1.12. The van der Waals surface area contributed by atoms with E-state index in [9.17, 15) is 14.0 Å². The maximum Gasteiger partial charge on any atom is 0.307 e. The fraction of sp³-hybridized carbons (Fsp3) is 0.545. The lowest BCUT2D eigenvalue weighted by atomic mass is 9.83. The molecule has 1 saturated carbocycles. The second-order valence-electron chi connectivity index (χ2n) is 7.84. The first-order valence-electron chi connectivity index (χ1n) is 10.1. The summed E-state index contributed by atoms with van der Waals surface area (Å²) in [6.45, 7) is 6.14. The van der Waals surface area contributed by atoms with Crippen molar-refractivity contribution in [2.24, 2.45) is 5.92 Å². The van der Waals surface area contributed by atoms with Crippen molar-refractivity contribution >= 4 is 17.2 Å². The normalized spacial score (nSPS) is 20.7. The number of carbonyl (C=O) groups is 1. The smallest absolute Gasteiger partial charge is 0.307 e. The van der Waals surface area contributed by atoms with Gasteiger partial charge < -0.3 is 4.90 Å². The van der Waals surface area contributed by atoms with E-state index >= 15 is 0 Å². The number of aryl methyl sites for hydroxylation is 1. The Morgan fingerprint density at radius 2 is 1.89 bits per heavy atom.